The van der Waals surface area contributed by atoms with Crippen molar-refractivity contribution in [1.82, 2.24) is 0 Å². The van der Waals surface area contributed by atoms with Crippen LogP contribution in [-0.4, -0.2) is 41.2 Å². The smallest absolute Gasteiger partial charge is 0.359 e. The first-order valence-corrected chi connectivity index (χ1v) is 4.85. The Morgan fingerprint density at radius 1 is 1.47 bits per heavy atom. The van der Waals surface area contributed by atoms with E-state index in [1.807, 2.05) is 0 Å². The molecule has 1 aliphatic rings. The molecule has 0 aliphatic carbocycles. The first-order chi connectivity index (χ1) is 7.15. The summed E-state index contributed by atoms with van der Waals surface area (Å²) in [6, 6.07) is -0.0117. The van der Waals surface area contributed by atoms with Gasteiger partial charge in [-0.1, -0.05) is 11.6 Å². The summed E-state index contributed by atoms with van der Waals surface area (Å²) in [7, 11) is 0. The van der Waals surface area contributed by atoms with Crippen LogP contribution < -0.4 is 5.84 Å². The minimum absolute atomic E-state index is 0.0117. The zero-order valence-corrected chi connectivity index (χ0v) is 8.78. The number of nitrogens with two attached hydrogens (primary N) is 1. The summed E-state index contributed by atoms with van der Waals surface area (Å²) >= 11 is 5.69. The van der Waals surface area contributed by atoms with Crippen molar-refractivity contribution in [3.05, 3.63) is 0 Å². The van der Waals surface area contributed by atoms with Crippen LogP contribution in [0.3, 0.4) is 0 Å². The highest BCUT2D eigenvalue weighted by atomic mass is 35.5. The molecule has 3 N–H and O–H groups in total. The van der Waals surface area contributed by atoms with Gasteiger partial charge in [0.1, 0.15) is 0 Å². The molecule has 0 radical (unpaired) electrons. The Morgan fingerprint density at radius 3 is 2.53 bits per heavy atom. The number of carboxylic acid groups (broad SMARTS) is 1. The molecule has 1 fully saturated rings. The second-order valence-electron chi connectivity index (χ2n) is 3.05. The Balaban J connectivity index is 2.68. The van der Waals surface area contributed by atoms with Gasteiger partial charge in [0, 0.05) is 13.2 Å². The van der Waals surface area contributed by atoms with Crippen molar-refractivity contribution in [2.24, 2.45) is 15.9 Å². The number of halogens is 1. The summed E-state index contributed by atoms with van der Waals surface area (Å²) in [5, 5.41) is 11.6. The minimum Gasteiger partial charge on any atom is -0.476 e. The first-order valence-electron chi connectivity index (χ1n) is 4.47. The molecule has 1 saturated heterocycles. The molecule has 0 spiro atoms. The Hall–Kier alpha value is -1.14. The van der Waals surface area contributed by atoms with Gasteiger partial charge in [0.05, 0.1) is 6.04 Å². The molecule has 0 atom stereocenters. The van der Waals surface area contributed by atoms with Crippen molar-refractivity contribution in [3.8, 4) is 0 Å². The second-order valence-corrected chi connectivity index (χ2v) is 3.40. The molecule has 6 nitrogen and oxygen atoms in total. The van der Waals surface area contributed by atoms with Crippen molar-refractivity contribution < 1.29 is 14.6 Å². The second kappa shape index (κ2) is 5.67. The normalized spacial score (nSPS) is 20.3. The lowest BCUT2D eigenvalue weighted by Crippen LogP contribution is -2.25. The van der Waals surface area contributed by atoms with Gasteiger partial charge in [-0.25, -0.2) is 4.79 Å². The predicted octanol–water partition coefficient (Wildman–Crippen LogP) is 0.202. The third kappa shape index (κ3) is 3.49. The fourth-order valence-corrected chi connectivity index (χ4v) is 1.50. The number of aliphatic imine (C=N–C) groups is 1. The summed E-state index contributed by atoms with van der Waals surface area (Å²) in [5.41, 5.74) is -0.414. The monoisotopic (exact) mass is 233 g/mol. The van der Waals surface area contributed by atoms with Crippen molar-refractivity contribution in [2.75, 3.05) is 13.2 Å². The molecule has 1 rings (SSSR count). The maximum absolute atomic E-state index is 10.6. The predicted molar refractivity (Wildman–Crippen MR) is 56.4 cm³/mol. The highest BCUT2D eigenvalue weighted by Crippen LogP contribution is 2.11. The first kappa shape index (κ1) is 11.9. The van der Waals surface area contributed by atoms with Crippen LogP contribution >= 0.6 is 11.6 Å². The van der Waals surface area contributed by atoms with Crippen LogP contribution in [0.15, 0.2) is 10.1 Å². The van der Waals surface area contributed by atoms with E-state index in [0.29, 0.717) is 13.2 Å². The molecule has 84 valence electrons. The van der Waals surface area contributed by atoms with Crippen molar-refractivity contribution in [3.63, 3.8) is 0 Å². The Kier molecular flexibility index (Phi) is 4.51. The van der Waals surface area contributed by atoms with E-state index in [1.165, 1.54) is 0 Å². The van der Waals surface area contributed by atoms with E-state index in [1.54, 1.807) is 0 Å². The number of ether oxygens (including phenoxy) is 1. The van der Waals surface area contributed by atoms with Crippen molar-refractivity contribution in [1.29, 1.82) is 0 Å². The fraction of sp³-hybridized carbons (Fsp3) is 0.625. The van der Waals surface area contributed by atoms with Gasteiger partial charge >= 0.3 is 5.97 Å². The summed E-state index contributed by atoms with van der Waals surface area (Å²) < 4.78 is 5.13. The quantitative estimate of drug-likeness (QED) is 0.413. The molecule has 0 unspecified atom stereocenters. The molecular formula is C8H12ClN3O3. The molecule has 0 saturated carbocycles. The van der Waals surface area contributed by atoms with Crippen LogP contribution in [0.2, 0.25) is 0 Å². The summed E-state index contributed by atoms with van der Waals surface area (Å²) in [5.74, 6) is 3.62. The molecular weight excluding hydrogens is 222 g/mol. The number of carbonyl (C=O) groups is 1. The minimum atomic E-state index is -1.28. The van der Waals surface area contributed by atoms with Crippen LogP contribution in [0.25, 0.3) is 0 Å². The van der Waals surface area contributed by atoms with Crippen LogP contribution in [0.1, 0.15) is 12.8 Å². The van der Waals surface area contributed by atoms with Gasteiger partial charge in [-0.05, 0) is 12.8 Å². The number of rotatable bonds is 3. The number of hydrogen-bond acceptors (Lipinski definition) is 5. The third-order valence-electron chi connectivity index (χ3n) is 2.01. The lowest BCUT2D eigenvalue weighted by atomic mass is 10.1. The number of nitrogens with zero attached hydrogens (tertiary/aromatic N) is 2. The van der Waals surface area contributed by atoms with E-state index in [9.17, 15) is 4.79 Å². The molecule has 15 heavy (non-hydrogen) atoms. The van der Waals surface area contributed by atoms with Crippen molar-refractivity contribution >= 4 is 28.5 Å². The summed E-state index contributed by atoms with van der Waals surface area (Å²) in [6.45, 7) is 1.22. The molecule has 0 aromatic carbocycles. The van der Waals surface area contributed by atoms with E-state index in [4.69, 9.17) is 27.3 Å². The standard InChI is InChI=1S/C8H12ClN3O3/c9-7(6(12-10)8(13)14)11-5-1-3-15-4-2-5/h5H,1-4,10H2,(H,13,14). The van der Waals surface area contributed by atoms with E-state index in [0.717, 1.165) is 12.8 Å². The topological polar surface area (TPSA) is 97.3 Å². The number of carboxylic acids is 1. The highest BCUT2D eigenvalue weighted by Gasteiger charge is 2.19. The van der Waals surface area contributed by atoms with Gasteiger partial charge in [-0.3, -0.25) is 4.99 Å². The van der Waals surface area contributed by atoms with E-state index >= 15 is 0 Å². The van der Waals surface area contributed by atoms with Crippen LogP contribution in [0.4, 0.5) is 0 Å². The Morgan fingerprint density at radius 2 is 2.07 bits per heavy atom. The van der Waals surface area contributed by atoms with E-state index < -0.39 is 11.7 Å². The molecule has 0 bridgehead atoms. The van der Waals surface area contributed by atoms with Gasteiger partial charge in [-0.2, -0.15) is 5.10 Å². The Labute approximate surface area is 91.8 Å². The lowest BCUT2D eigenvalue weighted by Gasteiger charge is -2.18. The molecule has 0 aromatic rings. The summed E-state index contributed by atoms with van der Waals surface area (Å²) in [4.78, 5) is 14.7. The van der Waals surface area contributed by atoms with E-state index in [2.05, 4.69) is 10.1 Å². The zero-order valence-electron chi connectivity index (χ0n) is 8.02. The average Bonchev–Trinajstić information content (AvgIpc) is 2.19. The van der Waals surface area contributed by atoms with Crippen molar-refractivity contribution in [2.45, 2.75) is 18.9 Å². The van der Waals surface area contributed by atoms with Crippen LogP contribution in [0.5, 0.6) is 0 Å². The van der Waals surface area contributed by atoms with Crippen LogP contribution in [0, 0.1) is 0 Å². The Bertz CT molecular complexity index is 298. The van der Waals surface area contributed by atoms with Gasteiger partial charge in [0.2, 0.25) is 5.71 Å². The lowest BCUT2D eigenvalue weighted by molar-refractivity contribution is -0.129. The SMILES string of the molecule is NN=C(C(=O)O)C(Cl)=NC1CCOCC1. The maximum atomic E-state index is 10.6. The van der Waals surface area contributed by atoms with E-state index in [-0.39, 0.29) is 11.2 Å². The number of hydrogen-bond donors (Lipinski definition) is 2. The van der Waals surface area contributed by atoms with Gasteiger partial charge < -0.3 is 15.7 Å². The number of aliphatic carboxylic acids is 1. The largest absolute Gasteiger partial charge is 0.476 e. The highest BCUT2D eigenvalue weighted by molar-refractivity contribution is 6.91. The average molecular weight is 234 g/mol. The zero-order chi connectivity index (χ0) is 11.3. The van der Waals surface area contributed by atoms with Crippen LogP contribution in [-0.2, 0) is 9.53 Å². The van der Waals surface area contributed by atoms with Gasteiger partial charge in [-0.15, -0.1) is 0 Å². The van der Waals surface area contributed by atoms with Gasteiger partial charge in [0.25, 0.3) is 0 Å². The molecule has 7 heteroatoms. The molecule has 1 aliphatic heterocycles. The van der Waals surface area contributed by atoms with Gasteiger partial charge in [0.15, 0.2) is 5.17 Å². The third-order valence-corrected chi connectivity index (χ3v) is 2.29. The number of hydrazone groups is 1. The molecule has 1 heterocycles. The molecule has 0 amide bonds. The fourth-order valence-electron chi connectivity index (χ4n) is 1.23. The maximum Gasteiger partial charge on any atom is 0.359 e. The molecule has 0 aromatic heterocycles. The summed E-state index contributed by atoms with van der Waals surface area (Å²) in [6.07, 6.45) is 1.46.